The molecule has 0 saturated carbocycles. The molecule has 1 atom stereocenters. The number of aliphatic hydroxyl groups is 1. The Morgan fingerprint density at radius 1 is 1.37 bits per heavy atom. The standard InChI is InChI=1S/C15H26N2OS/c1-11(2)6-16-7-14-5-13(4)15(17-8-14)19-10-12(3)9-18/h5,8,11-12,16,18H,6-7,9-10H2,1-4H3. The van der Waals surface area contributed by atoms with Crippen LogP contribution in [-0.2, 0) is 6.54 Å². The molecule has 0 radical (unpaired) electrons. The second-order valence-corrected chi connectivity index (χ2v) is 6.60. The lowest BCUT2D eigenvalue weighted by Gasteiger charge is -2.11. The van der Waals surface area contributed by atoms with Crippen molar-refractivity contribution in [1.29, 1.82) is 0 Å². The van der Waals surface area contributed by atoms with Crippen molar-refractivity contribution < 1.29 is 5.11 Å². The van der Waals surface area contributed by atoms with Crippen LogP contribution in [0, 0.1) is 18.8 Å². The van der Waals surface area contributed by atoms with Crippen LogP contribution in [0.25, 0.3) is 0 Å². The van der Waals surface area contributed by atoms with Crippen LogP contribution in [0.2, 0.25) is 0 Å². The quantitative estimate of drug-likeness (QED) is 0.720. The van der Waals surface area contributed by atoms with E-state index < -0.39 is 0 Å². The smallest absolute Gasteiger partial charge is 0.0989 e. The summed E-state index contributed by atoms with van der Waals surface area (Å²) in [5.41, 5.74) is 2.46. The predicted octanol–water partition coefficient (Wildman–Crippen LogP) is 2.86. The fourth-order valence-electron chi connectivity index (χ4n) is 1.65. The summed E-state index contributed by atoms with van der Waals surface area (Å²) in [6.07, 6.45) is 1.95. The van der Waals surface area contributed by atoms with E-state index >= 15 is 0 Å². The highest BCUT2D eigenvalue weighted by Crippen LogP contribution is 2.22. The Kier molecular flexibility index (Phi) is 7.42. The molecule has 3 nitrogen and oxygen atoms in total. The minimum Gasteiger partial charge on any atom is -0.396 e. The average molecular weight is 282 g/mol. The van der Waals surface area contributed by atoms with E-state index in [1.165, 1.54) is 11.1 Å². The molecule has 108 valence electrons. The number of hydrogen-bond donors (Lipinski definition) is 2. The second-order valence-electron chi connectivity index (χ2n) is 5.59. The van der Waals surface area contributed by atoms with E-state index in [9.17, 15) is 0 Å². The molecule has 0 aromatic carbocycles. The maximum atomic E-state index is 9.03. The molecule has 0 aliphatic heterocycles. The molecule has 0 fully saturated rings. The number of aliphatic hydroxyl groups excluding tert-OH is 1. The molecule has 0 aliphatic carbocycles. The zero-order valence-corrected chi connectivity index (χ0v) is 13.3. The van der Waals surface area contributed by atoms with Crippen molar-refractivity contribution in [3.05, 3.63) is 23.4 Å². The average Bonchev–Trinajstić information content (AvgIpc) is 2.37. The van der Waals surface area contributed by atoms with Crippen molar-refractivity contribution in [3.8, 4) is 0 Å². The largest absolute Gasteiger partial charge is 0.396 e. The van der Waals surface area contributed by atoms with Gasteiger partial charge in [0.05, 0.1) is 5.03 Å². The summed E-state index contributed by atoms with van der Waals surface area (Å²) in [4.78, 5) is 4.52. The molecule has 1 rings (SSSR count). The third-order valence-electron chi connectivity index (χ3n) is 2.78. The normalized spacial score (nSPS) is 12.9. The summed E-state index contributed by atoms with van der Waals surface area (Å²) in [5.74, 6) is 1.90. The summed E-state index contributed by atoms with van der Waals surface area (Å²) in [7, 11) is 0. The van der Waals surface area contributed by atoms with Crippen LogP contribution in [0.4, 0.5) is 0 Å². The molecular formula is C15H26N2OS. The minimum absolute atomic E-state index is 0.239. The maximum absolute atomic E-state index is 9.03. The van der Waals surface area contributed by atoms with Crippen LogP contribution in [0.1, 0.15) is 31.9 Å². The number of hydrogen-bond acceptors (Lipinski definition) is 4. The maximum Gasteiger partial charge on any atom is 0.0989 e. The van der Waals surface area contributed by atoms with Gasteiger partial charge in [0.15, 0.2) is 0 Å². The molecule has 0 aliphatic rings. The Balaban J connectivity index is 2.49. The molecule has 0 saturated heterocycles. The first-order valence-corrected chi connectivity index (χ1v) is 7.91. The van der Waals surface area contributed by atoms with Gasteiger partial charge in [0.25, 0.3) is 0 Å². The van der Waals surface area contributed by atoms with Crippen LogP contribution in [-0.4, -0.2) is 29.0 Å². The van der Waals surface area contributed by atoms with Crippen LogP contribution >= 0.6 is 11.8 Å². The summed E-state index contributed by atoms with van der Waals surface area (Å²) in [6.45, 7) is 10.7. The van der Waals surface area contributed by atoms with Gasteiger partial charge in [-0.3, -0.25) is 0 Å². The first kappa shape index (κ1) is 16.5. The first-order valence-electron chi connectivity index (χ1n) is 6.92. The van der Waals surface area contributed by atoms with Crippen LogP contribution < -0.4 is 5.32 Å². The number of pyridine rings is 1. The molecule has 1 heterocycles. The Bertz CT molecular complexity index is 382. The first-order chi connectivity index (χ1) is 9.02. The number of aromatic nitrogens is 1. The van der Waals surface area contributed by atoms with Crippen LogP contribution in [0.15, 0.2) is 17.3 Å². The van der Waals surface area contributed by atoms with E-state index in [4.69, 9.17) is 5.11 Å². The molecule has 4 heteroatoms. The molecular weight excluding hydrogens is 256 g/mol. The number of rotatable bonds is 8. The predicted molar refractivity (Wildman–Crippen MR) is 82.5 cm³/mol. The molecule has 19 heavy (non-hydrogen) atoms. The zero-order chi connectivity index (χ0) is 14.3. The molecule has 0 bridgehead atoms. The Morgan fingerprint density at radius 2 is 2.11 bits per heavy atom. The van der Waals surface area contributed by atoms with Gasteiger partial charge >= 0.3 is 0 Å². The van der Waals surface area contributed by atoms with Gasteiger partial charge < -0.3 is 10.4 Å². The van der Waals surface area contributed by atoms with Gasteiger partial charge in [0.1, 0.15) is 0 Å². The van der Waals surface area contributed by atoms with E-state index in [-0.39, 0.29) is 6.61 Å². The van der Waals surface area contributed by atoms with Crippen molar-refractivity contribution in [2.45, 2.75) is 39.3 Å². The fraction of sp³-hybridized carbons (Fsp3) is 0.667. The van der Waals surface area contributed by atoms with Crippen molar-refractivity contribution in [2.24, 2.45) is 11.8 Å². The monoisotopic (exact) mass is 282 g/mol. The lowest BCUT2D eigenvalue weighted by atomic mass is 10.2. The van der Waals surface area contributed by atoms with Gasteiger partial charge in [-0.05, 0) is 36.4 Å². The lowest BCUT2D eigenvalue weighted by molar-refractivity contribution is 0.250. The van der Waals surface area contributed by atoms with E-state index in [0.29, 0.717) is 11.8 Å². The van der Waals surface area contributed by atoms with E-state index in [1.807, 2.05) is 13.1 Å². The van der Waals surface area contributed by atoms with Gasteiger partial charge in [-0.2, -0.15) is 0 Å². The zero-order valence-electron chi connectivity index (χ0n) is 12.4. The topological polar surface area (TPSA) is 45.2 Å². The number of thioether (sulfide) groups is 1. The second kappa shape index (κ2) is 8.56. The highest BCUT2D eigenvalue weighted by molar-refractivity contribution is 7.99. The van der Waals surface area contributed by atoms with E-state index in [1.54, 1.807) is 11.8 Å². The highest BCUT2D eigenvalue weighted by Gasteiger charge is 2.06. The Labute approximate surface area is 121 Å². The number of nitrogens with one attached hydrogen (secondary N) is 1. The van der Waals surface area contributed by atoms with Crippen molar-refractivity contribution in [2.75, 3.05) is 18.9 Å². The summed E-state index contributed by atoms with van der Waals surface area (Å²) in [6, 6.07) is 2.20. The van der Waals surface area contributed by atoms with Crippen LogP contribution in [0.5, 0.6) is 0 Å². The van der Waals surface area contributed by atoms with Gasteiger partial charge in [-0.25, -0.2) is 4.98 Å². The molecule has 1 unspecified atom stereocenters. The number of aryl methyl sites for hydroxylation is 1. The molecule has 1 aromatic heterocycles. The Hall–Kier alpha value is -0.580. The third kappa shape index (κ3) is 6.41. The van der Waals surface area contributed by atoms with E-state index in [0.717, 1.165) is 23.9 Å². The van der Waals surface area contributed by atoms with E-state index in [2.05, 4.69) is 37.1 Å². The third-order valence-corrected chi connectivity index (χ3v) is 4.22. The number of nitrogens with zero attached hydrogens (tertiary/aromatic N) is 1. The summed E-state index contributed by atoms with van der Waals surface area (Å²) in [5, 5.41) is 13.5. The summed E-state index contributed by atoms with van der Waals surface area (Å²) < 4.78 is 0. The van der Waals surface area contributed by atoms with Crippen molar-refractivity contribution in [3.63, 3.8) is 0 Å². The van der Waals surface area contributed by atoms with Crippen LogP contribution in [0.3, 0.4) is 0 Å². The summed E-state index contributed by atoms with van der Waals surface area (Å²) >= 11 is 1.73. The molecule has 0 spiro atoms. The molecule has 1 aromatic rings. The van der Waals surface area contributed by atoms with Crippen molar-refractivity contribution in [1.82, 2.24) is 10.3 Å². The Morgan fingerprint density at radius 3 is 2.68 bits per heavy atom. The minimum atomic E-state index is 0.239. The SMILES string of the molecule is Cc1cc(CNCC(C)C)cnc1SCC(C)CO. The van der Waals surface area contributed by atoms with Gasteiger partial charge in [-0.1, -0.05) is 26.8 Å². The molecule has 0 amide bonds. The van der Waals surface area contributed by atoms with Gasteiger partial charge in [0.2, 0.25) is 0 Å². The lowest BCUT2D eigenvalue weighted by Crippen LogP contribution is -2.19. The van der Waals surface area contributed by atoms with Gasteiger partial charge in [0, 0.05) is 25.1 Å². The highest BCUT2D eigenvalue weighted by atomic mass is 32.2. The van der Waals surface area contributed by atoms with Gasteiger partial charge in [-0.15, -0.1) is 11.8 Å². The van der Waals surface area contributed by atoms with Crippen molar-refractivity contribution >= 4 is 11.8 Å². The fourth-order valence-corrected chi connectivity index (χ4v) is 2.61. The molecule has 2 N–H and O–H groups in total.